The number of aryl methyl sites for hydroxylation is 1. The molecule has 0 fully saturated rings. The number of anilines is 1. The van der Waals surface area contributed by atoms with Crippen LogP contribution in [0.3, 0.4) is 0 Å². The number of nitrogens with zero attached hydrogens (tertiary/aromatic N) is 2. The van der Waals surface area contributed by atoms with E-state index < -0.39 is 28.5 Å². The molecular formula is C35H38ClN3O5S. The fourth-order valence-electron chi connectivity index (χ4n) is 4.99. The third kappa shape index (κ3) is 8.65. The van der Waals surface area contributed by atoms with E-state index in [4.69, 9.17) is 16.3 Å². The topological polar surface area (TPSA) is 96.0 Å². The average molecular weight is 648 g/mol. The van der Waals surface area contributed by atoms with Crippen LogP contribution in [0.1, 0.15) is 30.0 Å². The van der Waals surface area contributed by atoms with Gasteiger partial charge >= 0.3 is 0 Å². The maximum absolute atomic E-state index is 14.5. The fourth-order valence-corrected chi connectivity index (χ4v) is 6.67. The molecule has 236 valence electrons. The zero-order valence-corrected chi connectivity index (χ0v) is 27.2. The lowest BCUT2D eigenvalue weighted by Gasteiger charge is -2.34. The van der Waals surface area contributed by atoms with Gasteiger partial charge in [0.1, 0.15) is 18.3 Å². The number of hydrogen-bond acceptors (Lipinski definition) is 5. The third-order valence-corrected chi connectivity index (χ3v) is 9.37. The summed E-state index contributed by atoms with van der Waals surface area (Å²) in [4.78, 5) is 29.7. The van der Waals surface area contributed by atoms with E-state index in [0.29, 0.717) is 12.3 Å². The quantitative estimate of drug-likeness (QED) is 0.181. The predicted molar refractivity (Wildman–Crippen MR) is 178 cm³/mol. The average Bonchev–Trinajstić information content (AvgIpc) is 3.04. The van der Waals surface area contributed by atoms with Crippen molar-refractivity contribution in [2.45, 2.75) is 44.2 Å². The normalized spacial score (nSPS) is 11.8. The van der Waals surface area contributed by atoms with E-state index in [-0.39, 0.29) is 34.5 Å². The zero-order chi connectivity index (χ0) is 32.4. The number of rotatable bonds is 14. The summed E-state index contributed by atoms with van der Waals surface area (Å²) in [6.07, 6.45) is 0.963. The summed E-state index contributed by atoms with van der Waals surface area (Å²) in [7, 11) is -2.77. The van der Waals surface area contributed by atoms with Crippen LogP contribution in [0.4, 0.5) is 5.69 Å². The van der Waals surface area contributed by atoms with Crippen LogP contribution in [0.5, 0.6) is 5.75 Å². The molecule has 0 aliphatic heterocycles. The van der Waals surface area contributed by atoms with Gasteiger partial charge in [-0.15, -0.1) is 0 Å². The summed E-state index contributed by atoms with van der Waals surface area (Å²) in [5.41, 5.74) is 2.86. The van der Waals surface area contributed by atoms with Gasteiger partial charge in [-0.25, -0.2) is 8.42 Å². The molecule has 0 saturated heterocycles. The Morgan fingerprint density at radius 1 is 0.889 bits per heavy atom. The molecule has 4 rings (SSSR count). The minimum atomic E-state index is -4.23. The van der Waals surface area contributed by atoms with Crippen molar-refractivity contribution in [1.82, 2.24) is 10.2 Å². The first-order valence-corrected chi connectivity index (χ1v) is 16.5. The number of methoxy groups -OCH3 is 1. The van der Waals surface area contributed by atoms with E-state index in [2.05, 4.69) is 5.32 Å². The van der Waals surface area contributed by atoms with Crippen molar-refractivity contribution in [3.05, 3.63) is 125 Å². The molecule has 0 aromatic heterocycles. The molecule has 2 amide bonds. The maximum Gasteiger partial charge on any atom is 0.264 e. The van der Waals surface area contributed by atoms with Gasteiger partial charge in [0.25, 0.3) is 10.0 Å². The van der Waals surface area contributed by atoms with Crippen molar-refractivity contribution in [3.63, 3.8) is 0 Å². The summed E-state index contributed by atoms with van der Waals surface area (Å²) >= 11 is 6.43. The van der Waals surface area contributed by atoms with E-state index in [0.717, 1.165) is 27.4 Å². The van der Waals surface area contributed by atoms with Crippen LogP contribution >= 0.6 is 11.6 Å². The lowest BCUT2D eigenvalue weighted by molar-refractivity contribution is -0.140. The van der Waals surface area contributed by atoms with E-state index in [1.54, 1.807) is 30.3 Å². The molecule has 8 nitrogen and oxygen atoms in total. The molecule has 45 heavy (non-hydrogen) atoms. The fraction of sp³-hybridized carbons (Fsp3) is 0.257. The van der Waals surface area contributed by atoms with Gasteiger partial charge < -0.3 is 15.0 Å². The number of carbonyl (C=O) groups is 2. The number of halogens is 1. The van der Waals surface area contributed by atoms with Gasteiger partial charge in [0.2, 0.25) is 11.8 Å². The molecule has 0 aliphatic carbocycles. The number of nitrogens with one attached hydrogen (secondary N) is 1. The Kier molecular flexibility index (Phi) is 11.6. The Balaban J connectivity index is 1.81. The summed E-state index contributed by atoms with van der Waals surface area (Å²) in [5.74, 6) is -0.498. The second-order valence-electron chi connectivity index (χ2n) is 10.7. The van der Waals surface area contributed by atoms with E-state index in [1.165, 1.54) is 30.2 Å². The van der Waals surface area contributed by atoms with Gasteiger partial charge in [-0.05, 0) is 54.8 Å². The highest BCUT2D eigenvalue weighted by Gasteiger charge is 2.34. The molecule has 1 N–H and O–H groups in total. The molecular weight excluding hydrogens is 610 g/mol. The highest BCUT2D eigenvalue weighted by Crippen LogP contribution is 2.32. The first-order chi connectivity index (χ1) is 21.6. The Morgan fingerprint density at radius 2 is 1.56 bits per heavy atom. The Morgan fingerprint density at radius 3 is 2.18 bits per heavy atom. The second kappa shape index (κ2) is 15.6. The summed E-state index contributed by atoms with van der Waals surface area (Å²) < 4.78 is 34.5. The van der Waals surface area contributed by atoms with Crippen molar-refractivity contribution < 1.29 is 22.7 Å². The van der Waals surface area contributed by atoms with Crippen molar-refractivity contribution in [3.8, 4) is 5.75 Å². The lowest BCUT2D eigenvalue weighted by Crippen LogP contribution is -2.53. The largest absolute Gasteiger partial charge is 0.495 e. The van der Waals surface area contributed by atoms with Gasteiger partial charge in [0, 0.05) is 19.5 Å². The van der Waals surface area contributed by atoms with Crippen molar-refractivity contribution in [2.75, 3.05) is 24.5 Å². The Labute approximate surface area is 270 Å². The monoisotopic (exact) mass is 647 g/mol. The van der Waals surface area contributed by atoms with Crippen molar-refractivity contribution in [2.24, 2.45) is 0 Å². The lowest BCUT2D eigenvalue weighted by atomic mass is 10.0. The molecule has 10 heteroatoms. The van der Waals surface area contributed by atoms with E-state index in [9.17, 15) is 18.0 Å². The molecule has 0 bridgehead atoms. The molecule has 1 atom stereocenters. The number of benzene rings is 4. The SMILES string of the molecule is CCCNC(=O)[C@@H](Cc1ccccc1)N(Cc1cccc(C)c1)C(=O)CN(c1ccc(OC)c(Cl)c1)S(=O)(=O)c1ccccc1. The van der Waals surface area contributed by atoms with Gasteiger partial charge in [-0.1, -0.05) is 96.9 Å². The van der Waals surface area contributed by atoms with Crippen LogP contribution in [0.25, 0.3) is 0 Å². The second-order valence-corrected chi connectivity index (χ2v) is 12.9. The first kappa shape index (κ1) is 33.6. The van der Waals surface area contributed by atoms with Crippen LogP contribution in [-0.4, -0.2) is 51.4 Å². The standard InChI is InChI=1S/C35H38ClN3O5S/c1-4-20-37-35(41)32(22-27-13-7-5-8-14-27)38(24-28-15-11-12-26(2)21-28)34(40)25-39(29-18-19-33(44-3)31(36)23-29)45(42,43)30-16-9-6-10-17-30/h5-19,21,23,32H,4,20,22,24-25H2,1-3H3,(H,37,41)/t32-/m1/s1. The third-order valence-electron chi connectivity index (χ3n) is 7.29. The number of amides is 2. The van der Waals surface area contributed by atoms with Gasteiger partial charge in [0.05, 0.1) is 22.7 Å². The van der Waals surface area contributed by atoms with Crippen molar-refractivity contribution >= 4 is 39.1 Å². The van der Waals surface area contributed by atoms with Gasteiger partial charge in [-0.2, -0.15) is 0 Å². The number of sulfonamides is 1. The minimum Gasteiger partial charge on any atom is -0.495 e. The summed E-state index contributed by atoms with van der Waals surface area (Å²) in [6.45, 7) is 3.87. The van der Waals surface area contributed by atoms with Crippen LogP contribution in [0.2, 0.25) is 5.02 Å². The molecule has 4 aromatic carbocycles. The first-order valence-electron chi connectivity index (χ1n) is 14.7. The van der Waals surface area contributed by atoms with E-state index in [1.807, 2.05) is 68.4 Å². The van der Waals surface area contributed by atoms with Gasteiger partial charge in [-0.3, -0.25) is 13.9 Å². The Bertz CT molecular complexity index is 1700. The van der Waals surface area contributed by atoms with Crippen LogP contribution in [0.15, 0.2) is 108 Å². The molecule has 0 aliphatic rings. The molecule has 0 heterocycles. The highest BCUT2D eigenvalue weighted by molar-refractivity contribution is 7.92. The maximum atomic E-state index is 14.5. The molecule has 0 unspecified atom stereocenters. The molecule has 4 aromatic rings. The minimum absolute atomic E-state index is 0.0106. The summed E-state index contributed by atoms with van der Waals surface area (Å²) in [5, 5.41) is 3.14. The van der Waals surface area contributed by atoms with E-state index >= 15 is 0 Å². The molecule has 0 saturated carbocycles. The zero-order valence-electron chi connectivity index (χ0n) is 25.6. The summed E-state index contributed by atoms with van der Waals surface area (Å²) in [6, 6.07) is 28.7. The number of hydrogen-bond donors (Lipinski definition) is 1. The Hall–Kier alpha value is -4.34. The molecule has 0 radical (unpaired) electrons. The number of ether oxygens (including phenoxy) is 1. The number of carbonyl (C=O) groups excluding carboxylic acids is 2. The van der Waals surface area contributed by atoms with Crippen molar-refractivity contribution in [1.29, 1.82) is 0 Å². The highest BCUT2D eigenvalue weighted by atomic mass is 35.5. The van der Waals surface area contributed by atoms with Gasteiger partial charge in [0.15, 0.2) is 0 Å². The smallest absolute Gasteiger partial charge is 0.264 e. The van der Waals surface area contributed by atoms with Crippen LogP contribution in [0, 0.1) is 6.92 Å². The molecule has 0 spiro atoms. The predicted octanol–water partition coefficient (Wildman–Crippen LogP) is 6.02. The van der Waals surface area contributed by atoms with Crippen LogP contribution < -0.4 is 14.4 Å². The van der Waals surface area contributed by atoms with Crippen LogP contribution in [-0.2, 0) is 32.6 Å².